The van der Waals surface area contributed by atoms with Crippen molar-refractivity contribution in [1.82, 2.24) is 14.3 Å². The lowest BCUT2D eigenvalue weighted by Crippen LogP contribution is -2.31. The first-order valence-corrected chi connectivity index (χ1v) is 6.41. The fourth-order valence-corrected chi connectivity index (χ4v) is 2.43. The number of hydrogen-bond acceptors (Lipinski definition) is 3. The predicted octanol–water partition coefficient (Wildman–Crippen LogP) is 0.511. The number of imidazole rings is 1. The molecule has 0 amide bonds. The number of rotatable bonds is 4. The molecule has 0 saturated heterocycles. The van der Waals surface area contributed by atoms with Crippen LogP contribution in [0, 0.1) is 19.3 Å². The van der Waals surface area contributed by atoms with E-state index in [-0.39, 0.29) is 5.03 Å². The van der Waals surface area contributed by atoms with Crippen molar-refractivity contribution < 1.29 is 8.42 Å². The summed E-state index contributed by atoms with van der Waals surface area (Å²) in [5.41, 5.74) is 0. The molecule has 0 aliphatic heterocycles. The smallest absolute Gasteiger partial charge is 0.260 e. The van der Waals surface area contributed by atoms with Crippen LogP contribution in [0.3, 0.4) is 0 Å². The van der Waals surface area contributed by atoms with Crippen molar-refractivity contribution in [3.05, 3.63) is 12.0 Å². The van der Waals surface area contributed by atoms with Gasteiger partial charge in [0.2, 0.25) is 0 Å². The van der Waals surface area contributed by atoms with Crippen molar-refractivity contribution in [1.29, 1.82) is 0 Å². The normalized spacial score (nSPS) is 13.4. The monoisotopic (exact) mass is 241 g/mol. The molecule has 16 heavy (non-hydrogen) atoms. The van der Waals surface area contributed by atoms with Gasteiger partial charge in [-0.05, 0) is 20.8 Å². The number of terminal acetylenes is 1. The third-order valence-electron chi connectivity index (χ3n) is 2.15. The molecule has 0 aromatic carbocycles. The van der Waals surface area contributed by atoms with Gasteiger partial charge >= 0.3 is 0 Å². The molecule has 6 heteroatoms. The van der Waals surface area contributed by atoms with Gasteiger partial charge in [-0.1, -0.05) is 5.92 Å². The Hall–Kier alpha value is -1.32. The first-order valence-electron chi connectivity index (χ1n) is 4.93. The standard InChI is InChI=1S/C10H15N3O2S/c1-5-8(3)12-16(14,15)10-7-13(6-2)9(4)11-10/h1,7-8,12H,6H2,2-4H3. The highest BCUT2D eigenvalue weighted by Crippen LogP contribution is 2.09. The van der Waals surface area contributed by atoms with E-state index in [0.717, 1.165) is 0 Å². The minimum absolute atomic E-state index is 0.00829. The van der Waals surface area contributed by atoms with E-state index in [0.29, 0.717) is 12.4 Å². The lowest BCUT2D eigenvalue weighted by atomic mass is 10.4. The van der Waals surface area contributed by atoms with Crippen molar-refractivity contribution in [3.63, 3.8) is 0 Å². The van der Waals surface area contributed by atoms with Crippen molar-refractivity contribution in [2.45, 2.75) is 38.4 Å². The molecule has 0 radical (unpaired) electrons. The molecule has 1 aromatic heterocycles. The van der Waals surface area contributed by atoms with E-state index < -0.39 is 16.1 Å². The topological polar surface area (TPSA) is 64.0 Å². The summed E-state index contributed by atoms with van der Waals surface area (Å²) in [4.78, 5) is 3.98. The zero-order valence-electron chi connectivity index (χ0n) is 9.56. The largest absolute Gasteiger partial charge is 0.334 e. The molecule has 1 heterocycles. The quantitative estimate of drug-likeness (QED) is 0.781. The van der Waals surface area contributed by atoms with Crippen molar-refractivity contribution in [2.75, 3.05) is 0 Å². The third-order valence-corrected chi connectivity index (χ3v) is 3.56. The van der Waals surface area contributed by atoms with Gasteiger partial charge in [0, 0.05) is 12.7 Å². The minimum atomic E-state index is -3.61. The van der Waals surface area contributed by atoms with Crippen LogP contribution < -0.4 is 4.72 Å². The van der Waals surface area contributed by atoms with Gasteiger partial charge in [0.25, 0.3) is 10.0 Å². The maximum Gasteiger partial charge on any atom is 0.260 e. The van der Waals surface area contributed by atoms with E-state index in [2.05, 4.69) is 15.6 Å². The zero-order valence-corrected chi connectivity index (χ0v) is 10.4. The van der Waals surface area contributed by atoms with E-state index >= 15 is 0 Å². The molecule has 0 spiro atoms. The zero-order chi connectivity index (χ0) is 12.3. The van der Waals surface area contributed by atoms with Crippen LogP contribution >= 0.6 is 0 Å². The lowest BCUT2D eigenvalue weighted by Gasteiger charge is -2.05. The van der Waals surface area contributed by atoms with E-state index in [1.807, 2.05) is 6.92 Å². The van der Waals surface area contributed by atoms with E-state index in [9.17, 15) is 8.42 Å². The molecule has 0 aliphatic carbocycles. The van der Waals surface area contributed by atoms with Crippen molar-refractivity contribution in [2.24, 2.45) is 0 Å². The van der Waals surface area contributed by atoms with Gasteiger partial charge in [-0.25, -0.2) is 13.4 Å². The molecular weight excluding hydrogens is 226 g/mol. The summed E-state index contributed by atoms with van der Waals surface area (Å²) in [5, 5.41) is 0.00829. The molecule has 1 rings (SSSR count). The summed E-state index contributed by atoms with van der Waals surface area (Å²) in [6.07, 6.45) is 6.62. The van der Waals surface area contributed by atoms with Gasteiger partial charge in [0.05, 0.1) is 6.04 Å². The van der Waals surface area contributed by atoms with E-state index in [1.54, 1.807) is 18.4 Å². The van der Waals surface area contributed by atoms with Crippen molar-refractivity contribution >= 4 is 10.0 Å². The highest BCUT2D eigenvalue weighted by molar-refractivity contribution is 7.89. The average Bonchev–Trinajstić information content (AvgIpc) is 2.59. The number of aromatic nitrogens is 2. The van der Waals surface area contributed by atoms with Gasteiger partial charge in [0.1, 0.15) is 5.82 Å². The van der Waals surface area contributed by atoms with Crippen LogP contribution in [-0.2, 0) is 16.6 Å². The van der Waals surface area contributed by atoms with Gasteiger partial charge in [-0.3, -0.25) is 0 Å². The molecule has 0 fully saturated rings. The van der Waals surface area contributed by atoms with Crippen LogP contribution in [-0.4, -0.2) is 24.0 Å². The Balaban J connectivity index is 3.04. The first kappa shape index (κ1) is 12.7. The van der Waals surface area contributed by atoms with E-state index in [1.165, 1.54) is 6.20 Å². The van der Waals surface area contributed by atoms with Gasteiger partial charge in [-0.15, -0.1) is 6.42 Å². The molecular formula is C10H15N3O2S. The van der Waals surface area contributed by atoms with Crippen LogP contribution in [0.2, 0.25) is 0 Å². The Labute approximate surface area is 95.9 Å². The molecule has 5 nitrogen and oxygen atoms in total. The number of nitrogens with one attached hydrogen (secondary N) is 1. The Morgan fingerprint density at radius 2 is 2.31 bits per heavy atom. The maximum atomic E-state index is 11.8. The Morgan fingerprint density at radius 3 is 2.75 bits per heavy atom. The minimum Gasteiger partial charge on any atom is -0.334 e. The van der Waals surface area contributed by atoms with Crippen LogP contribution in [0.4, 0.5) is 0 Å². The Bertz CT molecular complexity index is 511. The summed E-state index contributed by atoms with van der Waals surface area (Å²) in [7, 11) is -3.61. The highest BCUT2D eigenvalue weighted by atomic mass is 32.2. The molecule has 1 atom stereocenters. The fourth-order valence-electron chi connectivity index (χ4n) is 1.26. The molecule has 0 aliphatic rings. The van der Waals surface area contributed by atoms with Crippen LogP contribution in [0.25, 0.3) is 0 Å². The number of sulfonamides is 1. The number of hydrogen-bond donors (Lipinski definition) is 1. The number of nitrogens with zero attached hydrogens (tertiary/aromatic N) is 2. The van der Waals surface area contributed by atoms with Gasteiger partial charge < -0.3 is 4.57 Å². The predicted molar refractivity (Wildman–Crippen MR) is 61.3 cm³/mol. The first-order chi connectivity index (χ1) is 7.40. The summed E-state index contributed by atoms with van der Waals surface area (Å²) in [6.45, 7) is 5.95. The van der Waals surface area contributed by atoms with Gasteiger partial charge in [-0.2, -0.15) is 4.72 Å². The Kier molecular flexibility index (Phi) is 3.73. The summed E-state index contributed by atoms with van der Waals surface area (Å²) >= 11 is 0. The van der Waals surface area contributed by atoms with Crippen LogP contribution in [0.1, 0.15) is 19.7 Å². The average molecular weight is 241 g/mol. The fraction of sp³-hybridized carbons (Fsp3) is 0.500. The van der Waals surface area contributed by atoms with Crippen molar-refractivity contribution in [3.8, 4) is 12.3 Å². The second-order valence-corrected chi connectivity index (χ2v) is 5.08. The second-order valence-electron chi connectivity index (χ2n) is 3.42. The SMILES string of the molecule is C#CC(C)NS(=O)(=O)c1cn(CC)c(C)n1. The molecule has 1 N–H and O–H groups in total. The Morgan fingerprint density at radius 1 is 1.69 bits per heavy atom. The van der Waals surface area contributed by atoms with E-state index in [4.69, 9.17) is 6.42 Å². The third kappa shape index (κ3) is 2.62. The van der Waals surface area contributed by atoms with Crippen LogP contribution in [0.5, 0.6) is 0 Å². The second kappa shape index (κ2) is 4.68. The summed E-state index contributed by atoms with van der Waals surface area (Å²) < 4.78 is 27.7. The molecule has 1 unspecified atom stereocenters. The summed E-state index contributed by atoms with van der Waals surface area (Å²) in [5.74, 6) is 2.96. The molecule has 0 bridgehead atoms. The van der Waals surface area contributed by atoms with Gasteiger partial charge in [0.15, 0.2) is 5.03 Å². The molecule has 0 saturated carbocycles. The van der Waals surface area contributed by atoms with Crippen LogP contribution in [0.15, 0.2) is 11.2 Å². The molecule has 1 aromatic rings. The maximum absolute atomic E-state index is 11.8. The molecule has 88 valence electrons. The summed E-state index contributed by atoms with van der Waals surface area (Å²) in [6, 6.07) is -0.544. The lowest BCUT2D eigenvalue weighted by molar-refractivity contribution is 0.574. The number of aryl methyl sites for hydroxylation is 2. The highest BCUT2D eigenvalue weighted by Gasteiger charge is 2.20.